The van der Waals surface area contributed by atoms with E-state index in [1.165, 1.54) is 58.1 Å². The highest BCUT2D eigenvalue weighted by Crippen LogP contribution is 2.54. The highest BCUT2D eigenvalue weighted by molar-refractivity contribution is 6.41. The maximum absolute atomic E-state index is 4.37. The Kier molecular flexibility index (Phi) is 5.21. The minimum absolute atomic E-state index is 0.333. The van der Waals surface area contributed by atoms with Crippen molar-refractivity contribution in [1.82, 2.24) is 15.4 Å². The molecular formula is C16H31B2N3. The summed E-state index contributed by atoms with van der Waals surface area (Å²) < 4.78 is 0. The maximum atomic E-state index is 4.37. The van der Waals surface area contributed by atoms with E-state index in [4.69, 9.17) is 0 Å². The summed E-state index contributed by atoms with van der Waals surface area (Å²) in [5.41, 5.74) is 2.57. The number of nitrogens with one attached hydrogen (secondary N) is 1. The highest BCUT2D eigenvalue weighted by Gasteiger charge is 2.40. The average molecular weight is 287 g/mol. The number of H-pyrrole nitrogens is 1. The van der Waals surface area contributed by atoms with E-state index in [0.29, 0.717) is 16.5 Å². The van der Waals surface area contributed by atoms with Crippen LogP contribution < -0.4 is 0 Å². The van der Waals surface area contributed by atoms with Crippen LogP contribution in [0.5, 0.6) is 0 Å². The van der Waals surface area contributed by atoms with Gasteiger partial charge in [0, 0.05) is 5.92 Å². The van der Waals surface area contributed by atoms with Crippen molar-refractivity contribution in [2.45, 2.75) is 89.5 Å². The normalized spacial score (nSPS) is 22.6. The predicted octanol–water partition coefficient (Wildman–Crippen LogP) is 3.74. The fraction of sp³-hybridized carbons (Fsp3) is 0.875. The highest BCUT2D eigenvalue weighted by atomic mass is 15.3. The Labute approximate surface area is 131 Å². The second-order valence-corrected chi connectivity index (χ2v) is 8.03. The molecule has 5 heteroatoms. The second kappa shape index (κ2) is 6.58. The summed E-state index contributed by atoms with van der Waals surface area (Å²) in [5, 5.41) is 12.5. The van der Waals surface area contributed by atoms with Crippen LogP contribution in [0.2, 0.25) is 24.3 Å². The molecule has 0 aromatic carbocycles. The van der Waals surface area contributed by atoms with Gasteiger partial charge in [0.1, 0.15) is 14.6 Å². The first-order valence-corrected chi connectivity index (χ1v) is 8.81. The number of hydrogen-bond acceptors (Lipinski definition) is 2. The van der Waals surface area contributed by atoms with Crippen LogP contribution in [0.25, 0.3) is 0 Å². The van der Waals surface area contributed by atoms with Crippen LogP contribution >= 0.6 is 0 Å². The third kappa shape index (κ3) is 3.73. The topological polar surface area (TPSA) is 41.6 Å². The van der Waals surface area contributed by atoms with E-state index in [1.54, 1.807) is 0 Å². The zero-order valence-corrected chi connectivity index (χ0v) is 14.6. The van der Waals surface area contributed by atoms with Crippen LogP contribution in [0.4, 0.5) is 0 Å². The molecule has 0 fully saturated rings. The Balaban J connectivity index is 2.33. The lowest BCUT2D eigenvalue weighted by Gasteiger charge is -2.42. The summed E-state index contributed by atoms with van der Waals surface area (Å²) in [7, 11) is 2.46. The molecule has 0 saturated heterocycles. The molecule has 1 heterocycles. The van der Waals surface area contributed by atoms with Crippen molar-refractivity contribution in [2.75, 3.05) is 0 Å². The van der Waals surface area contributed by atoms with Crippen molar-refractivity contribution in [1.29, 1.82) is 0 Å². The fourth-order valence-corrected chi connectivity index (χ4v) is 4.09. The van der Waals surface area contributed by atoms with Crippen LogP contribution in [0.15, 0.2) is 0 Å². The molecule has 116 valence electrons. The van der Waals surface area contributed by atoms with Gasteiger partial charge in [0.25, 0.3) is 0 Å². The summed E-state index contributed by atoms with van der Waals surface area (Å²) in [4.78, 5) is 0. The molecule has 0 bridgehead atoms. The lowest BCUT2D eigenvalue weighted by atomic mass is 9.40. The van der Waals surface area contributed by atoms with Crippen LogP contribution in [0.3, 0.4) is 0 Å². The molecule has 1 N–H and O–H groups in total. The SMILES string of the molecule is CBC(C)(C)C[C@@](C)(BC)C1CCCCCc2nn[nH]c21. The third-order valence-electron chi connectivity index (χ3n) is 5.90. The summed E-state index contributed by atoms with van der Waals surface area (Å²) in [6.45, 7) is 12.0. The standard InChI is InChI=1S/C16H31B2N3/c1-15(2,17-4)11-16(3,18-5)12-9-7-6-8-10-13-14(12)20-21-19-13/h12,17-18H,6-11H2,1-5H3,(H,19,20,21)/t12?,16-/m1/s1. The summed E-state index contributed by atoms with van der Waals surface area (Å²) in [6.07, 6.45) is 7.58. The van der Waals surface area contributed by atoms with E-state index >= 15 is 0 Å². The predicted molar refractivity (Wildman–Crippen MR) is 94.3 cm³/mol. The Morgan fingerprint density at radius 1 is 1.14 bits per heavy atom. The van der Waals surface area contributed by atoms with Crippen molar-refractivity contribution in [3.63, 3.8) is 0 Å². The summed E-state index contributed by atoms with van der Waals surface area (Å²) >= 11 is 0. The molecule has 0 aliphatic heterocycles. The minimum atomic E-state index is 0.333. The van der Waals surface area contributed by atoms with Gasteiger partial charge in [-0.25, -0.2) is 0 Å². The molecule has 2 rings (SSSR count). The van der Waals surface area contributed by atoms with E-state index in [0.717, 1.165) is 6.42 Å². The van der Waals surface area contributed by atoms with Crippen molar-refractivity contribution in [3.8, 4) is 0 Å². The van der Waals surface area contributed by atoms with E-state index in [1.807, 2.05) is 0 Å². The molecule has 0 saturated carbocycles. The Morgan fingerprint density at radius 3 is 2.57 bits per heavy atom. The van der Waals surface area contributed by atoms with Crippen molar-refractivity contribution in [3.05, 3.63) is 11.4 Å². The van der Waals surface area contributed by atoms with E-state index in [-0.39, 0.29) is 0 Å². The quantitative estimate of drug-likeness (QED) is 0.838. The molecule has 0 amide bonds. The first-order valence-electron chi connectivity index (χ1n) is 8.81. The molecule has 1 aliphatic rings. The Bertz CT molecular complexity index is 458. The van der Waals surface area contributed by atoms with Crippen molar-refractivity contribution in [2.24, 2.45) is 0 Å². The summed E-state index contributed by atoms with van der Waals surface area (Å²) in [5.74, 6) is 0.582. The third-order valence-corrected chi connectivity index (χ3v) is 5.90. The number of aromatic nitrogens is 3. The molecule has 0 spiro atoms. The number of nitrogens with zero attached hydrogens (tertiary/aromatic N) is 2. The molecule has 2 atom stereocenters. The number of rotatable bonds is 5. The summed E-state index contributed by atoms with van der Waals surface area (Å²) in [6, 6.07) is 0. The van der Waals surface area contributed by atoms with Gasteiger partial charge in [-0.3, -0.25) is 5.10 Å². The first kappa shape index (κ1) is 16.6. The molecule has 1 unspecified atom stereocenters. The van der Waals surface area contributed by atoms with Gasteiger partial charge in [-0.05, 0) is 24.6 Å². The maximum Gasteiger partial charge on any atom is 0.125 e. The van der Waals surface area contributed by atoms with Gasteiger partial charge >= 0.3 is 0 Å². The lowest BCUT2D eigenvalue weighted by Crippen LogP contribution is -2.30. The van der Waals surface area contributed by atoms with Crippen molar-refractivity contribution >= 4 is 14.6 Å². The fourth-order valence-electron chi connectivity index (χ4n) is 4.09. The molecule has 1 aromatic heterocycles. The van der Waals surface area contributed by atoms with E-state index < -0.39 is 0 Å². The second-order valence-electron chi connectivity index (χ2n) is 8.03. The lowest BCUT2D eigenvalue weighted by molar-refractivity contribution is 0.360. The van der Waals surface area contributed by atoms with E-state index in [2.05, 4.69) is 49.8 Å². The molecule has 3 nitrogen and oxygen atoms in total. The van der Waals surface area contributed by atoms with Crippen LogP contribution in [-0.2, 0) is 6.42 Å². The van der Waals surface area contributed by atoms with Crippen LogP contribution in [-0.4, -0.2) is 30.0 Å². The van der Waals surface area contributed by atoms with Gasteiger partial charge in [-0.1, -0.05) is 64.2 Å². The average Bonchev–Trinajstić information content (AvgIpc) is 2.85. The van der Waals surface area contributed by atoms with Gasteiger partial charge in [-0.15, -0.1) is 5.10 Å². The zero-order chi connectivity index (χ0) is 15.5. The van der Waals surface area contributed by atoms with E-state index in [9.17, 15) is 0 Å². The number of fused-ring (bicyclic) bond motifs is 1. The smallest absolute Gasteiger partial charge is 0.125 e. The molecule has 1 aliphatic carbocycles. The van der Waals surface area contributed by atoms with Gasteiger partial charge in [0.05, 0.1) is 11.4 Å². The van der Waals surface area contributed by atoms with Gasteiger partial charge in [0.15, 0.2) is 0 Å². The minimum Gasteiger partial charge on any atom is -0.262 e. The molecule has 1 aromatic rings. The number of aromatic amines is 1. The number of aryl methyl sites for hydroxylation is 1. The Morgan fingerprint density at radius 2 is 1.90 bits per heavy atom. The monoisotopic (exact) mass is 287 g/mol. The van der Waals surface area contributed by atoms with Gasteiger partial charge in [0.2, 0.25) is 0 Å². The number of hydrogen-bond donors (Lipinski definition) is 1. The zero-order valence-electron chi connectivity index (χ0n) is 14.6. The first-order chi connectivity index (χ1) is 9.92. The van der Waals surface area contributed by atoms with Crippen LogP contribution in [0.1, 0.15) is 70.2 Å². The van der Waals surface area contributed by atoms with Gasteiger partial charge in [-0.2, -0.15) is 0 Å². The Hall–Kier alpha value is -0.730. The van der Waals surface area contributed by atoms with Gasteiger partial charge < -0.3 is 0 Å². The molecular weight excluding hydrogens is 256 g/mol. The van der Waals surface area contributed by atoms with Crippen LogP contribution in [0, 0.1) is 0 Å². The van der Waals surface area contributed by atoms with Crippen molar-refractivity contribution < 1.29 is 0 Å². The largest absolute Gasteiger partial charge is 0.262 e. The molecule has 0 radical (unpaired) electrons. The molecule has 21 heavy (non-hydrogen) atoms.